The fraction of sp³-hybridized carbons (Fsp3) is 0.231. The molecular formula is C26H25Cl2FN4O4. The Morgan fingerprint density at radius 3 is 2.65 bits per heavy atom. The van der Waals surface area contributed by atoms with Crippen molar-refractivity contribution in [1.29, 1.82) is 0 Å². The lowest BCUT2D eigenvalue weighted by Gasteiger charge is -2.18. The number of hydrogen-bond acceptors (Lipinski definition) is 6. The molecule has 0 aliphatic carbocycles. The summed E-state index contributed by atoms with van der Waals surface area (Å²) in [5.41, 5.74) is -1.45. The highest BCUT2D eigenvalue weighted by Gasteiger charge is 2.21. The van der Waals surface area contributed by atoms with Crippen molar-refractivity contribution < 1.29 is 14.2 Å². The third-order valence-electron chi connectivity index (χ3n) is 5.17. The smallest absolute Gasteiger partial charge is 0.277 e. The molecule has 0 unspecified atom stereocenters. The van der Waals surface area contributed by atoms with Gasteiger partial charge in [0.1, 0.15) is 29.0 Å². The van der Waals surface area contributed by atoms with Crippen molar-refractivity contribution in [3.63, 3.8) is 0 Å². The first-order chi connectivity index (χ1) is 17.4. The molecule has 0 spiro atoms. The summed E-state index contributed by atoms with van der Waals surface area (Å²) < 4.78 is 21.4. The first kappa shape index (κ1) is 28.0. The Kier molecular flexibility index (Phi) is 8.85. The van der Waals surface area contributed by atoms with Gasteiger partial charge in [-0.2, -0.15) is 0 Å². The van der Waals surface area contributed by atoms with Gasteiger partial charge in [-0.15, -0.1) is 0 Å². The molecule has 0 atom stereocenters. The van der Waals surface area contributed by atoms with Crippen LogP contribution in [0.3, 0.4) is 0 Å². The van der Waals surface area contributed by atoms with Crippen molar-refractivity contribution in [3.8, 4) is 5.75 Å². The number of nitrogens with zero attached hydrogens (tertiary/aromatic N) is 4. The van der Waals surface area contributed by atoms with Crippen LogP contribution in [0.2, 0.25) is 10.0 Å². The van der Waals surface area contributed by atoms with E-state index in [1.807, 2.05) is 0 Å². The second-order valence-corrected chi connectivity index (χ2v) is 9.24. The van der Waals surface area contributed by atoms with E-state index in [9.17, 15) is 19.1 Å². The van der Waals surface area contributed by atoms with Gasteiger partial charge in [-0.3, -0.25) is 23.7 Å². The molecule has 0 aromatic carbocycles. The van der Waals surface area contributed by atoms with Crippen LogP contribution in [0.15, 0.2) is 69.6 Å². The summed E-state index contributed by atoms with van der Waals surface area (Å²) in [6, 6.07) is 5.82. The van der Waals surface area contributed by atoms with E-state index in [4.69, 9.17) is 27.9 Å². The van der Waals surface area contributed by atoms with Crippen LogP contribution in [0.4, 0.5) is 4.39 Å². The van der Waals surface area contributed by atoms with Gasteiger partial charge in [0.2, 0.25) is 0 Å². The van der Waals surface area contributed by atoms with Gasteiger partial charge in [0.15, 0.2) is 0 Å². The zero-order valence-electron chi connectivity index (χ0n) is 20.6. The molecule has 0 amide bonds. The highest BCUT2D eigenvalue weighted by Crippen LogP contribution is 2.24. The van der Waals surface area contributed by atoms with Crippen LogP contribution in [0.5, 0.6) is 5.75 Å². The minimum atomic E-state index is -1.36. The van der Waals surface area contributed by atoms with Crippen LogP contribution in [-0.4, -0.2) is 25.1 Å². The van der Waals surface area contributed by atoms with E-state index in [0.717, 1.165) is 12.3 Å². The number of aryl methyl sites for hydroxylation is 1. The fourth-order valence-corrected chi connectivity index (χ4v) is 3.70. The van der Waals surface area contributed by atoms with Crippen LogP contribution < -0.4 is 15.9 Å². The lowest BCUT2D eigenvalue weighted by molar-refractivity contribution is 0.0768. The molecule has 0 aliphatic heterocycles. The normalized spacial score (nSPS) is 12.6. The van der Waals surface area contributed by atoms with Crippen molar-refractivity contribution in [3.05, 3.63) is 109 Å². The number of allylic oxidation sites excluding steroid dienone is 2. The van der Waals surface area contributed by atoms with Crippen LogP contribution >= 0.6 is 23.2 Å². The number of pyridine rings is 3. The van der Waals surface area contributed by atoms with Crippen molar-refractivity contribution in [2.75, 3.05) is 0 Å². The zero-order valence-corrected chi connectivity index (χ0v) is 22.1. The van der Waals surface area contributed by atoms with Gasteiger partial charge in [-0.25, -0.2) is 9.38 Å². The van der Waals surface area contributed by atoms with Gasteiger partial charge in [0, 0.05) is 35.9 Å². The average Bonchev–Trinajstić information content (AvgIpc) is 2.83. The van der Waals surface area contributed by atoms with E-state index in [0.29, 0.717) is 5.69 Å². The monoisotopic (exact) mass is 546 g/mol. The van der Waals surface area contributed by atoms with Gasteiger partial charge in [0.05, 0.1) is 22.5 Å². The standard InChI is InChI=1S/C26H25Cl2FN4O4/c1-5-9-30-22(33-10-6-7-18(24(33)34)26(3,4)36)8-11-32-16(2)12-21(23(28)25(32)35)37-15-20-19(27)13-17(29)14-31-20/h5-14,36H,15H2,1-4H3/b9-5+,11-8+,30-22-. The summed E-state index contributed by atoms with van der Waals surface area (Å²) in [7, 11) is 0. The van der Waals surface area contributed by atoms with Crippen molar-refractivity contribution in [2.45, 2.75) is 39.9 Å². The fourth-order valence-electron chi connectivity index (χ4n) is 3.30. The Morgan fingerprint density at radius 1 is 1.27 bits per heavy atom. The highest BCUT2D eigenvalue weighted by atomic mass is 35.5. The molecule has 194 valence electrons. The van der Waals surface area contributed by atoms with E-state index in [1.54, 1.807) is 32.1 Å². The molecule has 11 heteroatoms. The number of rotatable bonds is 7. The largest absolute Gasteiger partial charge is 0.485 e. The van der Waals surface area contributed by atoms with E-state index in [1.165, 1.54) is 53.7 Å². The molecule has 3 rings (SSSR count). The van der Waals surface area contributed by atoms with Crippen molar-refractivity contribution in [2.24, 2.45) is 4.99 Å². The molecule has 0 bridgehead atoms. The summed E-state index contributed by atoms with van der Waals surface area (Å²) in [5, 5.41) is 10.2. The van der Waals surface area contributed by atoms with Crippen LogP contribution in [0.25, 0.3) is 6.20 Å². The first-order valence-corrected chi connectivity index (χ1v) is 11.9. The third-order valence-corrected chi connectivity index (χ3v) is 5.85. The number of ether oxygens (including phenoxy) is 1. The van der Waals surface area contributed by atoms with Crippen molar-refractivity contribution in [1.82, 2.24) is 14.1 Å². The van der Waals surface area contributed by atoms with Crippen molar-refractivity contribution >= 4 is 35.2 Å². The lowest BCUT2D eigenvalue weighted by atomic mass is 10.0. The maximum atomic E-state index is 13.2. The Labute approximate surface area is 222 Å². The summed E-state index contributed by atoms with van der Waals surface area (Å²) in [5.74, 6) is -0.273. The van der Waals surface area contributed by atoms with Crippen LogP contribution in [0.1, 0.15) is 37.7 Å². The topological polar surface area (TPSA) is 98.7 Å². The van der Waals surface area contributed by atoms with E-state index in [-0.39, 0.29) is 39.5 Å². The minimum absolute atomic E-state index is 0.0842. The zero-order chi connectivity index (χ0) is 27.3. The molecule has 3 aromatic rings. The van der Waals surface area contributed by atoms with Gasteiger partial charge in [-0.1, -0.05) is 29.3 Å². The number of aromatic nitrogens is 3. The number of aliphatic hydroxyl groups is 1. The number of halogens is 3. The molecule has 0 radical (unpaired) electrons. The second-order valence-electron chi connectivity index (χ2n) is 8.45. The molecule has 0 fully saturated rings. The first-order valence-electron chi connectivity index (χ1n) is 11.1. The van der Waals surface area contributed by atoms with Crippen LogP contribution in [-0.2, 0) is 12.2 Å². The molecule has 3 aromatic heterocycles. The maximum absolute atomic E-state index is 13.2. The second kappa shape index (κ2) is 11.7. The quantitative estimate of drug-likeness (QED) is 0.335. The molecule has 37 heavy (non-hydrogen) atoms. The predicted molar refractivity (Wildman–Crippen MR) is 143 cm³/mol. The molecule has 0 saturated heterocycles. The van der Waals surface area contributed by atoms with Gasteiger partial charge >= 0.3 is 0 Å². The van der Waals surface area contributed by atoms with Gasteiger partial charge in [-0.05, 0) is 52.0 Å². The number of hydrogen-bond donors (Lipinski definition) is 1. The van der Waals surface area contributed by atoms with E-state index in [2.05, 4.69) is 9.98 Å². The molecule has 8 nitrogen and oxygen atoms in total. The number of aliphatic imine (C=N–C) groups is 1. The van der Waals surface area contributed by atoms with Gasteiger partial charge in [0.25, 0.3) is 11.1 Å². The predicted octanol–water partition coefficient (Wildman–Crippen LogP) is 4.92. The lowest BCUT2D eigenvalue weighted by Crippen LogP contribution is -2.34. The molecule has 0 saturated carbocycles. The molecular weight excluding hydrogens is 522 g/mol. The third kappa shape index (κ3) is 6.62. The molecule has 0 aliphatic rings. The summed E-state index contributed by atoms with van der Waals surface area (Å²) >= 11 is 12.3. The minimum Gasteiger partial charge on any atom is -0.485 e. The highest BCUT2D eigenvalue weighted by molar-refractivity contribution is 6.32. The molecule has 3 heterocycles. The summed E-state index contributed by atoms with van der Waals surface area (Å²) in [4.78, 5) is 34.2. The van der Waals surface area contributed by atoms with Gasteiger partial charge < -0.3 is 9.84 Å². The SMILES string of the molecule is C/C=C/N=C(/C=C/n1c(C)cc(OCc2ncc(F)cc2Cl)c(Cl)c1=O)n1cccc(C(C)(C)O)c1=O. The Hall–Kier alpha value is -3.53. The Morgan fingerprint density at radius 2 is 2.00 bits per heavy atom. The Bertz CT molecular complexity index is 1520. The Balaban J connectivity index is 1.97. The summed E-state index contributed by atoms with van der Waals surface area (Å²) in [6.45, 7) is 6.34. The molecule has 1 N–H and O–H groups in total. The van der Waals surface area contributed by atoms with E-state index < -0.39 is 22.5 Å². The van der Waals surface area contributed by atoms with Crippen LogP contribution in [0, 0.1) is 12.7 Å². The van der Waals surface area contributed by atoms with E-state index >= 15 is 0 Å². The summed E-state index contributed by atoms with van der Waals surface area (Å²) in [6.07, 6.45) is 8.60. The maximum Gasteiger partial charge on any atom is 0.277 e. The average molecular weight is 547 g/mol.